The van der Waals surface area contributed by atoms with Gasteiger partial charge in [-0.25, -0.2) is 0 Å². The van der Waals surface area contributed by atoms with Crippen LogP contribution in [-0.4, -0.2) is 39.9 Å². The monoisotopic (exact) mass is 282 g/mol. The highest BCUT2D eigenvalue weighted by atomic mass is 16.2. The number of carbonyl (C=O) groups is 1. The van der Waals surface area contributed by atoms with Crippen LogP contribution in [-0.2, 0) is 0 Å². The van der Waals surface area contributed by atoms with E-state index in [0.717, 1.165) is 18.0 Å². The molecular weight excluding hydrogens is 264 g/mol. The lowest BCUT2D eigenvalue weighted by Crippen LogP contribution is -2.32. The maximum absolute atomic E-state index is 12.8. The minimum Gasteiger partial charge on any atom is -0.337 e. The summed E-state index contributed by atoms with van der Waals surface area (Å²) >= 11 is 0. The van der Waals surface area contributed by atoms with E-state index in [2.05, 4.69) is 9.97 Å². The first-order valence-corrected chi connectivity index (χ1v) is 7.48. The van der Waals surface area contributed by atoms with Crippen LogP contribution in [0.5, 0.6) is 0 Å². The van der Waals surface area contributed by atoms with E-state index < -0.39 is 0 Å². The summed E-state index contributed by atoms with van der Waals surface area (Å²) in [5.41, 5.74) is 8.28. The van der Waals surface area contributed by atoms with Gasteiger partial charge in [0.25, 0.3) is 5.91 Å². The van der Waals surface area contributed by atoms with Gasteiger partial charge in [-0.1, -0.05) is 6.07 Å². The number of fused-ring (bicyclic) bond motifs is 1. The molecule has 1 aromatic heterocycles. The van der Waals surface area contributed by atoms with Crippen molar-refractivity contribution in [1.82, 2.24) is 14.9 Å². The summed E-state index contributed by atoms with van der Waals surface area (Å²) in [6.07, 6.45) is 5.80. The first-order chi connectivity index (χ1) is 10.2. The average Bonchev–Trinajstić information content (AvgIpc) is 3.28. The van der Waals surface area contributed by atoms with Crippen molar-refractivity contribution < 1.29 is 4.79 Å². The molecule has 1 amide bonds. The van der Waals surface area contributed by atoms with Gasteiger partial charge in [-0.2, -0.15) is 0 Å². The van der Waals surface area contributed by atoms with E-state index in [-0.39, 0.29) is 11.9 Å². The first-order valence-electron chi connectivity index (χ1n) is 7.48. The van der Waals surface area contributed by atoms with E-state index in [4.69, 9.17) is 5.73 Å². The summed E-state index contributed by atoms with van der Waals surface area (Å²) < 4.78 is 0. The number of hydrogen-bond acceptors (Lipinski definition) is 4. The molecule has 2 N–H and O–H groups in total. The van der Waals surface area contributed by atoms with Gasteiger partial charge in [0.15, 0.2) is 0 Å². The van der Waals surface area contributed by atoms with Gasteiger partial charge in [0.1, 0.15) is 5.52 Å². The Hall–Kier alpha value is -2.01. The molecule has 2 heterocycles. The molecule has 1 aliphatic heterocycles. The van der Waals surface area contributed by atoms with E-state index in [9.17, 15) is 4.79 Å². The van der Waals surface area contributed by atoms with Crippen LogP contribution in [0.4, 0.5) is 0 Å². The van der Waals surface area contributed by atoms with Crippen molar-refractivity contribution in [3.8, 4) is 0 Å². The number of aromatic nitrogens is 2. The quantitative estimate of drug-likeness (QED) is 0.904. The minimum absolute atomic E-state index is 0.0275. The highest BCUT2D eigenvalue weighted by molar-refractivity contribution is 6.04. The Labute approximate surface area is 123 Å². The fourth-order valence-electron chi connectivity index (χ4n) is 3.38. The lowest BCUT2D eigenvalue weighted by Gasteiger charge is -2.17. The molecule has 2 aliphatic rings. The zero-order valence-corrected chi connectivity index (χ0v) is 11.8. The first kappa shape index (κ1) is 12.7. The molecule has 2 aromatic rings. The topological polar surface area (TPSA) is 72.1 Å². The van der Waals surface area contributed by atoms with Crippen LogP contribution in [0.3, 0.4) is 0 Å². The number of carbonyl (C=O) groups excluding carboxylic acids is 1. The second-order valence-corrected chi connectivity index (χ2v) is 6.10. The van der Waals surface area contributed by atoms with Crippen LogP contribution < -0.4 is 5.73 Å². The molecule has 1 saturated heterocycles. The highest BCUT2D eigenvalue weighted by Gasteiger charge is 2.42. The predicted octanol–water partition coefficient (Wildman–Crippen LogP) is 1.44. The van der Waals surface area contributed by atoms with Gasteiger partial charge in [0, 0.05) is 31.5 Å². The number of benzene rings is 1. The molecular formula is C16H18N4O. The number of nitrogens with zero attached hydrogens (tertiary/aromatic N) is 3. The minimum atomic E-state index is 0.0275. The van der Waals surface area contributed by atoms with Gasteiger partial charge >= 0.3 is 0 Å². The second-order valence-electron chi connectivity index (χ2n) is 6.10. The normalized spacial score (nSPS) is 25.5. The number of rotatable bonds is 2. The molecule has 0 spiro atoms. The fourth-order valence-corrected chi connectivity index (χ4v) is 3.38. The summed E-state index contributed by atoms with van der Waals surface area (Å²) in [4.78, 5) is 23.3. The molecule has 1 aromatic carbocycles. The van der Waals surface area contributed by atoms with Crippen LogP contribution in [0.25, 0.3) is 11.0 Å². The maximum atomic E-state index is 12.8. The zero-order valence-electron chi connectivity index (χ0n) is 11.8. The SMILES string of the molecule is N[C@@H]1CN(C(=O)c2cccc3nccnc23)C[C@H]1C1CC1. The average molecular weight is 282 g/mol. The summed E-state index contributed by atoms with van der Waals surface area (Å²) in [5.74, 6) is 1.22. The molecule has 0 bridgehead atoms. The van der Waals surface area contributed by atoms with Crippen molar-refractivity contribution in [3.05, 3.63) is 36.2 Å². The standard InChI is InChI=1S/C16H18N4O/c17-13-9-20(8-12(13)10-4-5-10)16(21)11-2-1-3-14-15(11)19-7-6-18-14/h1-3,6-7,10,12-13H,4-5,8-9,17H2/t12-,13+/m0/s1. The van der Waals surface area contributed by atoms with Gasteiger partial charge in [-0.05, 0) is 36.8 Å². The zero-order chi connectivity index (χ0) is 14.4. The summed E-state index contributed by atoms with van der Waals surface area (Å²) in [6, 6.07) is 5.68. The third-order valence-corrected chi connectivity index (χ3v) is 4.66. The Morgan fingerprint density at radius 2 is 2.00 bits per heavy atom. The number of likely N-dealkylation sites (tertiary alicyclic amines) is 1. The maximum Gasteiger partial charge on any atom is 0.256 e. The highest BCUT2D eigenvalue weighted by Crippen LogP contribution is 2.41. The Balaban J connectivity index is 1.65. The van der Waals surface area contributed by atoms with Crippen molar-refractivity contribution >= 4 is 16.9 Å². The van der Waals surface area contributed by atoms with Crippen molar-refractivity contribution in [1.29, 1.82) is 0 Å². The second kappa shape index (κ2) is 4.77. The van der Waals surface area contributed by atoms with E-state index >= 15 is 0 Å². The molecule has 108 valence electrons. The fraction of sp³-hybridized carbons (Fsp3) is 0.438. The summed E-state index contributed by atoms with van der Waals surface area (Å²) in [7, 11) is 0. The number of para-hydroxylation sites is 1. The number of nitrogens with two attached hydrogens (primary N) is 1. The van der Waals surface area contributed by atoms with Crippen LogP contribution >= 0.6 is 0 Å². The van der Waals surface area contributed by atoms with Crippen molar-refractivity contribution in [2.75, 3.05) is 13.1 Å². The van der Waals surface area contributed by atoms with Crippen LogP contribution in [0, 0.1) is 11.8 Å². The molecule has 5 heteroatoms. The van der Waals surface area contributed by atoms with Gasteiger partial charge < -0.3 is 10.6 Å². The lowest BCUT2D eigenvalue weighted by molar-refractivity contribution is 0.0786. The van der Waals surface area contributed by atoms with Crippen LogP contribution in [0.2, 0.25) is 0 Å². The molecule has 1 saturated carbocycles. The van der Waals surface area contributed by atoms with E-state index in [1.165, 1.54) is 12.8 Å². The summed E-state index contributed by atoms with van der Waals surface area (Å²) in [5, 5.41) is 0. The molecule has 4 rings (SSSR count). The Morgan fingerprint density at radius 1 is 1.19 bits per heavy atom. The third-order valence-electron chi connectivity index (χ3n) is 4.66. The van der Waals surface area contributed by atoms with E-state index in [1.807, 2.05) is 23.1 Å². The molecule has 0 radical (unpaired) electrons. The largest absolute Gasteiger partial charge is 0.337 e. The van der Waals surface area contributed by atoms with Gasteiger partial charge in [0.05, 0.1) is 11.1 Å². The Bertz CT molecular complexity index is 692. The summed E-state index contributed by atoms with van der Waals surface area (Å²) in [6.45, 7) is 1.43. The van der Waals surface area contributed by atoms with Crippen molar-refractivity contribution in [3.63, 3.8) is 0 Å². The molecule has 2 atom stereocenters. The Kier molecular flexibility index (Phi) is 2.89. The number of amides is 1. The third kappa shape index (κ3) is 2.17. The van der Waals surface area contributed by atoms with Gasteiger partial charge in [-0.15, -0.1) is 0 Å². The van der Waals surface area contributed by atoms with Gasteiger partial charge in [0.2, 0.25) is 0 Å². The number of hydrogen-bond donors (Lipinski definition) is 1. The molecule has 2 fully saturated rings. The lowest BCUT2D eigenvalue weighted by atomic mass is 9.99. The molecule has 0 unspecified atom stereocenters. The molecule has 21 heavy (non-hydrogen) atoms. The Morgan fingerprint density at radius 3 is 2.81 bits per heavy atom. The van der Waals surface area contributed by atoms with E-state index in [1.54, 1.807) is 12.4 Å². The van der Waals surface area contributed by atoms with E-state index in [0.29, 0.717) is 23.5 Å². The predicted molar refractivity (Wildman–Crippen MR) is 79.6 cm³/mol. The van der Waals surface area contributed by atoms with Crippen LogP contribution in [0.15, 0.2) is 30.6 Å². The van der Waals surface area contributed by atoms with Crippen molar-refractivity contribution in [2.24, 2.45) is 17.6 Å². The molecule has 5 nitrogen and oxygen atoms in total. The molecule has 1 aliphatic carbocycles. The van der Waals surface area contributed by atoms with Crippen molar-refractivity contribution in [2.45, 2.75) is 18.9 Å². The van der Waals surface area contributed by atoms with Gasteiger partial charge in [-0.3, -0.25) is 14.8 Å². The smallest absolute Gasteiger partial charge is 0.256 e. The van der Waals surface area contributed by atoms with Crippen LogP contribution in [0.1, 0.15) is 23.2 Å².